The van der Waals surface area contributed by atoms with Gasteiger partial charge in [-0.25, -0.2) is 0 Å². The van der Waals surface area contributed by atoms with E-state index in [1.165, 1.54) is 4.90 Å². The zero-order chi connectivity index (χ0) is 17.2. The minimum atomic E-state index is -0.0786. The molecule has 2 aromatic carbocycles. The molecule has 1 amide bonds. The SMILES string of the molecule is CSc1ccc(OCCCCCC(=O)Nc2ccccc2O)cc1. The molecule has 0 bridgehead atoms. The second kappa shape index (κ2) is 9.88. The molecule has 0 saturated heterocycles. The maximum Gasteiger partial charge on any atom is 0.224 e. The summed E-state index contributed by atoms with van der Waals surface area (Å²) in [5.74, 6) is 0.891. The van der Waals surface area contributed by atoms with Crippen LogP contribution in [-0.2, 0) is 4.79 Å². The van der Waals surface area contributed by atoms with Crippen molar-refractivity contribution in [3.05, 3.63) is 48.5 Å². The second-order valence-corrected chi connectivity index (χ2v) is 6.28. The molecule has 0 aliphatic carbocycles. The molecule has 24 heavy (non-hydrogen) atoms. The Morgan fingerprint density at radius 3 is 2.54 bits per heavy atom. The summed E-state index contributed by atoms with van der Waals surface area (Å²) in [4.78, 5) is 13.0. The van der Waals surface area contributed by atoms with Crippen molar-refractivity contribution in [1.82, 2.24) is 0 Å². The average molecular weight is 345 g/mol. The Hall–Kier alpha value is -2.14. The molecule has 0 atom stereocenters. The summed E-state index contributed by atoms with van der Waals surface area (Å²) < 4.78 is 5.68. The summed E-state index contributed by atoms with van der Waals surface area (Å²) >= 11 is 1.71. The number of rotatable bonds is 9. The number of unbranched alkanes of at least 4 members (excludes halogenated alkanes) is 2. The van der Waals surface area contributed by atoms with Gasteiger partial charge in [0.25, 0.3) is 0 Å². The van der Waals surface area contributed by atoms with Crippen LogP contribution in [0.1, 0.15) is 25.7 Å². The van der Waals surface area contributed by atoms with Gasteiger partial charge in [-0.2, -0.15) is 0 Å². The molecule has 0 saturated carbocycles. The lowest BCUT2D eigenvalue weighted by molar-refractivity contribution is -0.116. The number of para-hydroxylation sites is 2. The van der Waals surface area contributed by atoms with E-state index in [9.17, 15) is 9.90 Å². The topological polar surface area (TPSA) is 58.6 Å². The van der Waals surface area contributed by atoms with Gasteiger partial charge in [0.15, 0.2) is 0 Å². The molecule has 0 fully saturated rings. The van der Waals surface area contributed by atoms with Crippen LogP contribution in [-0.4, -0.2) is 23.9 Å². The fourth-order valence-electron chi connectivity index (χ4n) is 2.22. The summed E-state index contributed by atoms with van der Waals surface area (Å²) in [6.45, 7) is 0.652. The van der Waals surface area contributed by atoms with Gasteiger partial charge in [0, 0.05) is 11.3 Å². The van der Waals surface area contributed by atoms with Crippen molar-refractivity contribution in [3.8, 4) is 11.5 Å². The predicted molar refractivity (Wildman–Crippen MR) is 98.9 cm³/mol. The number of hydrogen-bond donors (Lipinski definition) is 2. The summed E-state index contributed by atoms with van der Waals surface area (Å²) in [6.07, 6.45) is 5.13. The zero-order valence-electron chi connectivity index (χ0n) is 13.8. The lowest BCUT2D eigenvalue weighted by atomic mass is 10.2. The van der Waals surface area contributed by atoms with E-state index in [1.54, 1.807) is 36.0 Å². The number of hydrogen-bond acceptors (Lipinski definition) is 4. The highest BCUT2D eigenvalue weighted by Gasteiger charge is 2.05. The molecule has 0 aliphatic rings. The van der Waals surface area contributed by atoms with Crippen LogP contribution in [0.2, 0.25) is 0 Å². The highest BCUT2D eigenvalue weighted by molar-refractivity contribution is 7.98. The van der Waals surface area contributed by atoms with E-state index in [2.05, 4.69) is 5.32 Å². The summed E-state index contributed by atoms with van der Waals surface area (Å²) in [5, 5.41) is 12.3. The lowest BCUT2D eigenvalue weighted by Crippen LogP contribution is -2.11. The number of aromatic hydroxyl groups is 1. The van der Waals surface area contributed by atoms with Crippen LogP contribution in [0.25, 0.3) is 0 Å². The standard InChI is InChI=1S/C19H23NO3S/c1-24-16-12-10-15(11-13-16)23-14-6-2-3-9-19(22)20-17-7-4-5-8-18(17)21/h4-5,7-8,10-13,21H,2-3,6,9,14H2,1H3,(H,20,22). The maximum atomic E-state index is 11.8. The number of anilines is 1. The molecular weight excluding hydrogens is 322 g/mol. The molecule has 0 spiro atoms. The minimum Gasteiger partial charge on any atom is -0.506 e. The lowest BCUT2D eigenvalue weighted by Gasteiger charge is -2.08. The average Bonchev–Trinajstić information content (AvgIpc) is 2.60. The molecule has 0 aliphatic heterocycles. The number of thioether (sulfide) groups is 1. The summed E-state index contributed by atoms with van der Waals surface area (Å²) in [5.41, 5.74) is 0.458. The van der Waals surface area contributed by atoms with Crippen LogP contribution in [0, 0.1) is 0 Å². The van der Waals surface area contributed by atoms with E-state index >= 15 is 0 Å². The number of ether oxygens (including phenoxy) is 1. The Labute approximate surface area is 147 Å². The highest BCUT2D eigenvalue weighted by atomic mass is 32.2. The molecule has 128 valence electrons. The Morgan fingerprint density at radius 2 is 1.83 bits per heavy atom. The van der Waals surface area contributed by atoms with Gasteiger partial charge < -0.3 is 15.2 Å². The minimum absolute atomic E-state index is 0.0786. The summed E-state index contributed by atoms with van der Waals surface area (Å²) in [7, 11) is 0. The van der Waals surface area contributed by atoms with Crippen LogP contribution in [0.5, 0.6) is 11.5 Å². The summed E-state index contributed by atoms with van der Waals surface area (Å²) in [6, 6.07) is 14.8. The molecule has 2 rings (SSSR count). The van der Waals surface area contributed by atoms with E-state index in [0.29, 0.717) is 18.7 Å². The smallest absolute Gasteiger partial charge is 0.224 e. The number of phenolic OH excluding ortho intramolecular Hbond substituents is 1. The van der Waals surface area contributed by atoms with Gasteiger partial charge in [0.1, 0.15) is 11.5 Å². The van der Waals surface area contributed by atoms with Crippen molar-refractivity contribution in [1.29, 1.82) is 0 Å². The van der Waals surface area contributed by atoms with Crippen LogP contribution < -0.4 is 10.1 Å². The van der Waals surface area contributed by atoms with Crippen molar-refractivity contribution >= 4 is 23.4 Å². The van der Waals surface area contributed by atoms with Crippen LogP contribution in [0.15, 0.2) is 53.4 Å². The van der Waals surface area contributed by atoms with Gasteiger partial charge in [-0.1, -0.05) is 12.1 Å². The zero-order valence-corrected chi connectivity index (χ0v) is 14.6. The van der Waals surface area contributed by atoms with Gasteiger partial charge in [-0.3, -0.25) is 4.79 Å². The monoisotopic (exact) mass is 345 g/mol. The number of phenols is 1. The number of nitrogens with one attached hydrogen (secondary N) is 1. The van der Waals surface area contributed by atoms with Gasteiger partial charge in [0.05, 0.1) is 12.3 Å². The first-order valence-electron chi connectivity index (χ1n) is 8.04. The van der Waals surface area contributed by atoms with Gasteiger partial charge in [-0.05, 0) is 61.9 Å². The first-order valence-corrected chi connectivity index (χ1v) is 9.26. The van der Waals surface area contributed by atoms with Crippen LogP contribution >= 0.6 is 11.8 Å². The Morgan fingerprint density at radius 1 is 1.08 bits per heavy atom. The van der Waals surface area contributed by atoms with Crippen molar-refractivity contribution in [3.63, 3.8) is 0 Å². The van der Waals surface area contributed by atoms with Gasteiger partial charge >= 0.3 is 0 Å². The number of benzene rings is 2. The third-order valence-electron chi connectivity index (χ3n) is 3.55. The van der Waals surface area contributed by atoms with Crippen LogP contribution in [0.3, 0.4) is 0 Å². The van der Waals surface area contributed by atoms with Crippen molar-refractivity contribution in [2.75, 3.05) is 18.2 Å². The molecular formula is C19H23NO3S. The maximum absolute atomic E-state index is 11.8. The largest absolute Gasteiger partial charge is 0.506 e. The Bertz CT molecular complexity index is 643. The van der Waals surface area contributed by atoms with Crippen molar-refractivity contribution in [2.45, 2.75) is 30.6 Å². The fourth-order valence-corrected chi connectivity index (χ4v) is 2.63. The molecule has 0 aromatic heterocycles. The highest BCUT2D eigenvalue weighted by Crippen LogP contribution is 2.22. The molecule has 0 unspecified atom stereocenters. The fraction of sp³-hybridized carbons (Fsp3) is 0.316. The third-order valence-corrected chi connectivity index (χ3v) is 4.30. The Balaban J connectivity index is 1.57. The quantitative estimate of drug-likeness (QED) is 0.393. The first kappa shape index (κ1) is 18.2. The molecule has 2 N–H and O–H groups in total. The van der Waals surface area contributed by atoms with E-state index in [-0.39, 0.29) is 11.7 Å². The van der Waals surface area contributed by atoms with Gasteiger partial charge in [0.2, 0.25) is 5.91 Å². The predicted octanol–water partition coefficient (Wildman–Crippen LogP) is 4.69. The van der Waals surface area contributed by atoms with Crippen LogP contribution in [0.4, 0.5) is 5.69 Å². The normalized spacial score (nSPS) is 10.4. The molecule has 5 heteroatoms. The second-order valence-electron chi connectivity index (χ2n) is 5.40. The van der Waals surface area contributed by atoms with Crippen molar-refractivity contribution < 1.29 is 14.6 Å². The number of carbonyl (C=O) groups is 1. The molecule has 4 nitrogen and oxygen atoms in total. The Kier molecular flexibility index (Phi) is 7.49. The molecule has 2 aromatic rings. The van der Waals surface area contributed by atoms with Crippen molar-refractivity contribution in [2.24, 2.45) is 0 Å². The molecule has 0 heterocycles. The van der Waals surface area contributed by atoms with E-state index in [4.69, 9.17) is 4.74 Å². The first-order chi connectivity index (χ1) is 11.7. The van der Waals surface area contributed by atoms with E-state index in [1.807, 2.05) is 30.5 Å². The number of carbonyl (C=O) groups excluding carboxylic acids is 1. The van der Waals surface area contributed by atoms with E-state index < -0.39 is 0 Å². The molecule has 0 radical (unpaired) electrons. The van der Waals surface area contributed by atoms with E-state index in [0.717, 1.165) is 25.0 Å². The number of amides is 1. The third kappa shape index (κ3) is 6.16. The van der Waals surface area contributed by atoms with Gasteiger partial charge in [-0.15, -0.1) is 11.8 Å².